The lowest BCUT2D eigenvalue weighted by Gasteiger charge is -2.41. The van der Waals surface area contributed by atoms with Crippen molar-refractivity contribution in [2.45, 2.75) is 38.5 Å². The highest BCUT2D eigenvalue weighted by Crippen LogP contribution is 2.47. The predicted molar refractivity (Wildman–Crippen MR) is 60.0 cm³/mol. The van der Waals surface area contributed by atoms with E-state index in [2.05, 4.69) is 11.8 Å². The normalized spacial score (nSPS) is 33.5. The summed E-state index contributed by atoms with van der Waals surface area (Å²) < 4.78 is 0. The summed E-state index contributed by atoms with van der Waals surface area (Å²) in [5.41, 5.74) is 6.57. The van der Waals surface area contributed by atoms with Crippen LogP contribution in [0.1, 0.15) is 38.5 Å². The molecule has 2 rings (SSSR count). The minimum Gasteiger partial charge on any atom is -0.330 e. The van der Waals surface area contributed by atoms with Crippen molar-refractivity contribution in [1.29, 1.82) is 0 Å². The molecule has 2 heteroatoms. The second-order valence-electron chi connectivity index (χ2n) is 4.69. The molecule has 0 bridgehead atoms. The van der Waals surface area contributed by atoms with Gasteiger partial charge in [0.05, 0.1) is 0 Å². The van der Waals surface area contributed by atoms with Gasteiger partial charge in [0.15, 0.2) is 0 Å². The number of hydrogen-bond acceptors (Lipinski definition) is 2. The highest BCUT2D eigenvalue weighted by Gasteiger charge is 2.39. The minimum atomic E-state index is 0.557. The van der Waals surface area contributed by atoms with Crippen LogP contribution in [0.25, 0.3) is 0 Å². The quantitative estimate of drug-likeness (QED) is 0.740. The van der Waals surface area contributed by atoms with Gasteiger partial charge < -0.3 is 5.73 Å². The molecule has 1 saturated carbocycles. The van der Waals surface area contributed by atoms with E-state index in [9.17, 15) is 0 Å². The van der Waals surface area contributed by atoms with Crippen molar-refractivity contribution in [2.75, 3.05) is 18.1 Å². The van der Waals surface area contributed by atoms with Gasteiger partial charge in [0.1, 0.15) is 0 Å². The second kappa shape index (κ2) is 4.22. The van der Waals surface area contributed by atoms with Crippen LogP contribution in [-0.2, 0) is 0 Å². The molecule has 2 N–H and O–H groups in total. The zero-order valence-electron chi connectivity index (χ0n) is 8.43. The summed E-state index contributed by atoms with van der Waals surface area (Å²) in [6.07, 6.45) is 8.56. The van der Waals surface area contributed by atoms with Crippen LogP contribution in [0.2, 0.25) is 0 Å². The van der Waals surface area contributed by atoms with Gasteiger partial charge in [-0.1, -0.05) is 19.3 Å². The maximum Gasteiger partial charge on any atom is -0.00176 e. The Morgan fingerprint density at radius 3 is 2.54 bits per heavy atom. The molecule has 0 spiro atoms. The van der Waals surface area contributed by atoms with Crippen LogP contribution < -0.4 is 5.73 Å². The molecule has 0 aromatic rings. The fraction of sp³-hybridized carbons (Fsp3) is 1.00. The summed E-state index contributed by atoms with van der Waals surface area (Å²) >= 11 is 2.13. The highest BCUT2D eigenvalue weighted by atomic mass is 32.2. The highest BCUT2D eigenvalue weighted by molar-refractivity contribution is 7.99. The van der Waals surface area contributed by atoms with Gasteiger partial charge in [0, 0.05) is 0 Å². The van der Waals surface area contributed by atoms with E-state index in [-0.39, 0.29) is 0 Å². The first kappa shape index (κ1) is 9.85. The molecule has 0 aromatic heterocycles. The van der Waals surface area contributed by atoms with E-state index < -0.39 is 0 Å². The Morgan fingerprint density at radius 1 is 1.23 bits per heavy atom. The Morgan fingerprint density at radius 2 is 2.00 bits per heavy atom. The Labute approximate surface area is 85.8 Å². The molecular weight excluding hydrogens is 178 g/mol. The summed E-state index contributed by atoms with van der Waals surface area (Å²) in [4.78, 5) is 0. The van der Waals surface area contributed by atoms with Crippen molar-refractivity contribution in [3.63, 3.8) is 0 Å². The van der Waals surface area contributed by atoms with Crippen molar-refractivity contribution in [3.8, 4) is 0 Å². The summed E-state index contributed by atoms with van der Waals surface area (Å²) in [6, 6.07) is 0. The summed E-state index contributed by atoms with van der Waals surface area (Å²) in [6.45, 7) is 0.943. The van der Waals surface area contributed by atoms with Crippen LogP contribution in [0.15, 0.2) is 0 Å². The van der Waals surface area contributed by atoms with Crippen LogP contribution in [0.4, 0.5) is 0 Å². The van der Waals surface area contributed by atoms with E-state index in [4.69, 9.17) is 5.73 Å². The zero-order chi connectivity index (χ0) is 9.15. The number of rotatable bonds is 2. The summed E-state index contributed by atoms with van der Waals surface area (Å²) in [7, 11) is 0. The van der Waals surface area contributed by atoms with Gasteiger partial charge in [-0.3, -0.25) is 0 Å². The van der Waals surface area contributed by atoms with Gasteiger partial charge in [-0.25, -0.2) is 0 Å². The van der Waals surface area contributed by atoms with Crippen LogP contribution in [-0.4, -0.2) is 18.1 Å². The molecule has 1 heterocycles. The first-order chi connectivity index (χ1) is 6.37. The topological polar surface area (TPSA) is 26.0 Å². The third-order valence-electron chi connectivity index (χ3n) is 4.05. The van der Waals surface area contributed by atoms with Crippen LogP contribution >= 0.6 is 11.8 Å². The van der Waals surface area contributed by atoms with E-state index in [1.54, 1.807) is 0 Å². The lowest BCUT2D eigenvalue weighted by atomic mass is 9.66. The third kappa shape index (κ3) is 1.89. The number of thioether (sulfide) groups is 1. The summed E-state index contributed by atoms with van der Waals surface area (Å²) in [5, 5.41) is 0. The van der Waals surface area contributed by atoms with Crippen molar-refractivity contribution in [1.82, 2.24) is 0 Å². The first-order valence-electron chi connectivity index (χ1n) is 5.65. The minimum absolute atomic E-state index is 0.557. The molecule has 1 unspecified atom stereocenters. The first-order valence-corrected chi connectivity index (χ1v) is 6.81. The second-order valence-corrected chi connectivity index (χ2v) is 5.84. The SMILES string of the molecule is NCC1(C2CCSC2)CCCCC1. The predicted octanol–water partition coefficient (Wildman–Crippen LogP) is 2.65. The van der Waals surface area contributed by atoms with Gasteiger partial charge in [-0.15, -0.1) is 0 Å². The third-order valence-corrected chi connectivity index (χ3v) is 5.21. The molecule has 1 aliphatic carbocycles. The Hall–Kier alpha value is 0.310. The smallest absolute Gasteiger partial charge is 0.00176 e. The lowest BCUT2D eigenvalue weighted by Crippen LogP contribution is -2.39. The van der Waals surface area contributed by atoms with Gasteiger partial charge in [-0.05, 0) is 48.6 Å². The number of nitrogens with two attached hydrogens (primary N) is 1. The Kier molecular flexibility index (Phi) is 3.20. The maximum atomic E-state index is 6.01. The van der Waals surface area contributed by atoms with Crippen LogP contribution in [0.3, 0.4) is 0 Å². The molecule has 0 aromatic carbocycles. The Bertz CT molecular complexity index is 157. The van der Waals surface area contributed by atoms with Gasteiger partial charge in [0.25, 0.3) is 0 Å². The molecule has 76 valence electrons. The van der Waals surface area contributed by atoms with E-state index in [1.165, 1.54) is 50.0 Å². The van der Waals surface area contributed by atoms with Gasteiger partial charge >= 0.3 is 0 Å². The molecule has 1 aliphatic heterocycles. The fourth-order valence-corrected chi connectivity index (χ4v) is 4.48. The molecular formula is C11H21NS. The monoisotopic (exact) mass is 199 g/mol. The molecule has 2 aliphatic rings. The van der Waals surface area contributed by atoms with Crippen LogP contribution in [0, 0.1) is 11.3 Å². The fourth-order valence-electron chi connectivity index (χ4n) is 3.05. The van der Waals surface area contributed by atoms with E-state index in [1.807, 2.05) is 0 Å². The lowest BCUT2D eigenvalue weighted by molar-refractivity contribution is 0.121. The zero-order valence-corrected chi connectivity index (χ0v) is 9.24. The molecule has 13 heavy (non-hydrogen) atoms. The molecule has 0 amide bonds. The molecule has 0 radical (unpaired) electrons. The molecule has 1 saturated heterocycles. The average molecular weight is 199 g/mol. The van der Waals surface area contributed by atoms with E-state index in [0.29, 0.717) is 5.41 Å². The molecule has 1 nitrogen and oxygen atoms in total. The standard InChI is InChI=1S/C11H21NS/c12-9-11(5-2-1-3-6-11)10-4-7-13-8-10/h10H,1-9,12H2. The molecule has 2 fully saturated rings. The van der Waals surface area contributed by atoms with Crippen LogP contribution in [0.5, 0.6) is 0 Å². The van der Waals surface area contributed by atoms with Gasteiger partial charge in [0.2, 0.25) is 0 Å². The van der Waals surface area contributed by atoms with Crippen molar-refractivity contribution in [3.05, 3.63) is 0 Å². The maximum absolute atomic E-state index is 6.01. The largest absolute Gasteiger partial charge is 0.330 e. The average Bonchev–Trinajstić information content (AvgIpc) is 2.72. The molecule has 1 atom stereocenters. The Balaban J connectivity index is 2.03. The van der Waals surface area contributed by atoms with E-state index >= 15 is 0 Å². The number of hydrogen-bond donors (Lipinski definition) is 1. The van der Waals surface area contributed by atoms with Crippen molar-refractivity contribution >= 4 is 11.8 Å². The van der Waals surface area contributed by atoms with E-state index in [0.717, 1.165) is 12.5 Å². The van der Waals surface area contributed by atoms with Crippen molar-refractivity contribution < 1.29 is 0 Å². The summed E-state index contributed by atoms with van der Waals surface area (Å²) in [5.74, 6) is 3.71. The van der Waals surface area contributed by atoms with Gasteiger partial charge in [-0.2, -0.15) is 11.8 Å². The van der Waals surface area contributed by atoms with Crippen molar-refractivity contribution in [2.24, 2.45) is 17.1 Å².